The van der Waals surface area contributed by atoms with Crippen LogP contribution in [0.25, 0.3) is 0 Å². The molecule has 0 heterocycles. The first-order chi connectivity index (χ1) is 10.5. The average Bonchev–Trinajstić information content (AvgIpc) is 2.47. The van der Waals surface area contributed by atoms with E-state index in [0.717, 1.165) is 9.26 Å². The number of carbonyl (C=O) groups is 1. The van der Waals surface area contributed by atoms with Crippen molar-refractivity contribution >= 4 is 39.9 Å². The molecule has 0 aliphatic carbocycles. The van der Waals surface area contributed by atoms with Crippen LogP contribution in [0.3, 0.4) is 0 Å². The summed E-state index contributed by atoms with van der Waals surface area (Å²) >= 11 is 2.17. The normalized spacial score (nSPS) is 10.0. The number of nitrogens with zero attached hydrogens (tertiary/aromatic N) is 1. The summed E-state index contributed by atoms with van der Waals surface area (Å²) in [5.41, 5.74) is 0.746. The second-order valence-corrected chi connectivity index (χ2v) is 5.65. The molecule has 0 bridgehead atoms. The Morgan fingerprint density at radius 3 is 2.59 bits per heavy atom. The summed E-state index contributed by atoms with van der Waals surface area (Å²) in [6.45, 7) is 0.202. The number of nitro groups is 1. The molecular weight excluding hydrogens is 399 g/mol. The minimum Gasteiger partial charge on any atom is -0.493 e. The van der Waals surface area contributed by atoms with Gasteiger partial charge in [-0.05, 0) is 52.9 Å². The standard InChI is InChI=1S/C15H13IN2O4/c16-11-2-1-3-12(10-11)17-15(19)8-9-22-14-6-4-13(5-7-14)18(20)21/h1-7,10H,8-9H2,(H,17,19). The van der Waals surface area contributed by atoms with E-state index in [1.165, 1.54) is 24.3 Å². The quantitative estimate of drug-likeness (QED) is 0.447. The molecule has 0 atom stereocenters. The third-order valence-corrected chi connectivity index (χ3v) is 3.42. The largest absolute Gasteiger partial charge is 0.493 e. The topological polar surface area (TPSA) is 81.5 Å². The molecule has 0 fully saturated rings. The summed E-state index contributed by atoms with van der Waals surface area (Å²) < 4.78 is 6.43. The lowest BCUT2D eigenvalue weighted by Gasteiger charge is -2.07. The van der Waals surface area contributed by atoms with Gasteiger partial charge in [0.15, 0.2) is 0 Å². The zero-order chi connectivity index (χ0) is 15.9. The van der Waals surface area contributed by atoms with Crippen molar-refractivity contribution < 1.29 is 14.5 Å². The zero-order valence-corrected chi connectivity index (χ0v) is 13.6. The molecule has 0 unspecified atom stereocenters. The lowest BCUT2D eigenvalue weighted by molar-refractivity contribution is -0.384. The number of nitro benzene ring substituents is 1. The third kappa shape index (κ3) is 4.99. The maximum Gasteiger partial charge on any atom is 0.269 e. The van der Waals surface area contributed by atoms with E-state index in [1.54, 1.807) is 0 Å². The fourth-order valence-corrected chi connectivity index (χ4v) is 2.26. The lowest BCUT2D eigenvalue weighted by Crippen LogP contribution is -2.15. The number of nitrogens with one attached hydrogen (secondary N) is 1. The minimum atomic E-state index is -0.474. The number of halogens is 1. The first-order valence-electron chi connectivity index (χ1n) is 6.47. The van der Waals surface area contributed by atoms with E-state index >= 15 is 0 Å². The highest BCUT2D eigenvalue weighted by molar-refractivity contribution is 14.1. The Bertz CT molecular complexity index is 673. The molecule has 0 saturated carbocycles. The van der Waals surface area contributed by atoms with Crippen molar-refractivity contribution in [2.24, 2.45) is 0 Å². The fraction of sp³-hybridized carbons (Fsp3) is 0.133. The average molecular weight is 412 g/mol. The van der Waals surface area contributed by atoms with Gasteiger partial charge in [-0.25, -0.2) is 0 Å². The van der Waals surface area contributed by atoms with Crippen molar-refractivity contribution in [1.82, 2.24) is 0 Å². The van der Waals surface area contributed by atoms with Crippen LogP contribution in [0.15, 0.2) is 48.5 Å². The highest BCUT2D eigenvalue weighted by atomic mass is 127. The molecule has 2 rings (SSSR count). The van der Waals surface area contributed by atoms with E-state index < -0.39 is 4.92 Å². The predicted molar refractivity (Wildman–Crippen MR) is 91.0 cm³/mol. The van der Waals surface area contributed by atoms with E-state index in [9.17, 15) is 14.9 Å². The van der Waals surface area contributed by atoms with Crippen LogP contribution in [0, 0.1) is 13.7 Å². The van der Waals surface area contributed by atoms with Crippen molar-refractivity contribution in [2.45, 2.75) is 6.42 Å². The number of non-ortho nitro benzene ring substituents is 1. The maximum absolute atomic E-state index is 11.8. The Kier molecular flexibility index (Phi) is 5.70. The Balaban J connectivity index is 1.78. The van der Waals surface area contributed by atoms with Crippen LogP contribution in [0.4, 0.5) is 11.4 Å². The van der Waals surface area contributed by atoms with Crippen molar-refractivity contribution in [3.8, 4) is 5.75 Å². The molecule has 0 spiro atoms. The number of anilines is 1. The van der Waals surface area contributed by atoms with Gasteiger partial charge in [-0.1, -0.05) is 6.07 Å². The maximum atomic E-state index is 11.8. The summed E-state index contributed by atoms with van der Waals surface area (Å²) in [5.74, 6) is 0.344. The van der Waals surface area contributed by atoms with Gasteiger partial charge >= 0.3 is 0 Å². The number of benzene rings is 2. The summed E-state index contributed by atoms with van der Waals surface area (Å²) in [4.78, 5) is 21.8. The van der Waals surface area contributed by atoms with Crippen LogP contribution < -0.4 is 10.1 Å². The van der Waals surface area contributed by atoms with Gasteiger partial charge in [0.05, 0.1) is 18.0 Å². The van der Waals surface area contributed by atoms with Crippen LogP contribution in [0.1, 0.15) is 6.42 Å². The summed E-state index contributed by atoms with van der Waals surface area (Å²) in [5, 5.41) is 13.3. The number of rotatable bonds is 6. The van der Waals surface area contributed by atoms with E-state index in [0.29, 0.717) is 5.75 Å². The molecule has 0 radical (unpaired) electrons. The van der Waals surface area contributed by atoms with Gasteiger partial charge in [-0.15, -0.1) is 0 Å². The van der Waals surface area contributed by atoms with Crippen molar-refractivity contribution in [3.05, 3.63) is 62.2 Å². The number of amides is 1. The van der Waals surface area contributed by atoms with Gasteiger partial charge in [0.25, 0.3) is 5.69 Å². The smallest absolute Gasteiger partial charge is 0.269 e. The molecule has 0 aliphatic heterocycles. The Labute approximate surface area is 140 Å². The number of hydrogen-bond acceptors (Lipinski definition) is 4. The molecule has 2 aromatic carbocycles. The molecule has 114 valence electrons. The Morgan fingerprint density at radius 2 is 1.95 bits per heavy atom. The third-order valence-electron chi connectivity index (χ3n) is 2.75. The summed E-state index contributed by atoms with van der Waals surface area (Å²) in [6, 6.07) is 13.2. The number of ether oxygens (including phenoxy) is 1. The summed E-state index contributed by atoms with van der Waals surface area (Å²) in [6.07, 6.45) is 0.197. The lowest BCUT2D eigenvalue weighted by atomic mass is 10.3. The first kappa shape index (κ1) is 16.2. The van der Waals surface area contributed by atoms with Gasteiger partial charge in [-0.2, -0.15) is 0 Å². The van der Waals surface area contributed by atoms with Gasteiger partial charge in [0.1, 0.15) is 5.75 Å². The van der Waals surface area contributed by atoms with E-state index in [-0.39, 0.29) is 24.6 Å². The van der Waals surface area contributed by atoms with Crippen LogP contribution in [0.5, 0.6) is 5.75 Å². The van der Waals surface area contributed by atoms with Crippen LogP contribution in [0.2, 0.25) is 0 Å². The van der Waals surface area contributed by atoms with Crippen LogP contribution >= 0.6 is 22.6 Å². The van der Waals surface area contributed by atoms with Crippen LogP contribution in [-0.4, -0.2) is 17.4 Å². The second kappa shape index (κ2) is 7.74. The molecule has 1 N–H and O–H groups in total. The van der Waals surface area contributed by atoms with E-state index in [4.69, 9.17) is 4.74 Å². The van der Waals surface area contributed by atoms with Crippen LogP contribution in [-0.2, 0) is 4.79 Å². The van der Waals surface area contributed by atoms with E-state index in [1.807, 2.05) is 24.3 Å². The predicted octanol–water partition coefficient (Wildman–Crippen LogP) is 3.61. The molecule has 0 saturated heterocycles. The van der Waals surface area contributed by atoms with Crippen molar-refractivity contribution in [3.63, 3.8) is 0 Å². The molecule has 7 heteroatoms. The first-order valence-corrected chi connectivity index (χ1v) is 7.55. The highest BCUT2D eigenvalue weighted by Crippen LogP contribution is 2.17. The molecular formula is C15H13IN2O4. The summed E-state index contributed by atoms with van der Waals surface area (Å²) in [7, 11) is 0. The second-order valence-electron chi connectivity index (χ2n) is 4.41. The number of hydrogen-bond donors (Lipinski definition) is 1. The van der Waals surface area contributed by atoms with Gasteiger partial charge < -0.3 is 10.1 Å². The van der Waals surface area contributed by atoms with Gasteiger partial charge in [-0.3, -0.25) is 14.9 Å². The van der Waals surface area contributed by atoms with E-state index in [2.05, 4.69) is 27.9 Å². The molecule has 0 aromatic heterocycles. The fourth-order valence-electron chi connectivity index (χ4n) is 1.72. The molecule has 22 heavy (non-hydrogen) atoms. The minimum absolute atomic E-state index is 0.00349. The Morgan fingerprint density at radius 1 is 1.23 bits per heavy atom. The molecule has 0 aliphatic rings. The Hall–Kier alpha value is -2.16. The molecule has 1 amide bonds. The van der Waals surface area contributed by atoms with Crippen molar-refractivity contribution in [2.75, 3.05) is 11.9 Å². The van der Waals surface area contributed by atoms with Gasteiger partial charge in [0.2, 0.25) is 5.91 Å². The number of carbonyl (C=O) groups excluding carboxylic acids is 1. The van der Waals surface area contributed by atoms with Crippen molar-refractivity contribution in [1.29, 1.82) is 0 Å². The monoisotopic (exact) mass is 412 g/mol. The molecule has 2 aromatic rings. The van der Waals surface area contributed by atoms with Gasteiger partial charge in [0, 0.05) is 21.4 Å². The molecule has 6 nitrogen and oxygen atoms in total. The zero-order valence-electron chi connectivity index (χ0n) is 11.5. The highest BCUT2D eigenvalue weighted by Gasteiger charge is 2.06. The SMILES string of the molecule is O=C(CCOc1ccc([N+](=O)[O-])cc1)Nc1cccc(I)c1.